The number of hydrogen-bond donors (Lipinski definition) is 1. The van der Waals surface area contributed by atoms with E-state index in [9.17, 15) is 4.79 Å². The molecule has 0 saturated carbocycles. The molecule has 0 spiro atoms. The molecule has 12 heteroatoms. The van der Waals surface area contributed by atoms with Gasteiger partial charge in [-0.3, -0.25) is 0 Å². The zero-order valence-corrected chi connectivity index (χ0v) is 31.8. The summed E-state index contributed by atoms with van der Waals surface area (Å²) in [6.45, 7) is 9.57. The first kappa shape index (κ1) is 42.5. The topological polar surface area (TPSA) is 112 Å². The molecule has 1 N–H and O–H groups in total. The van der Waals surface area contributed by atoms with Crippen molar-refractivity contribution in [2.75, 3.05) is 123 Å². The Hall–Kier alpha value is -1.88. The zero-order chi connectivity index (χ0) is 35.2. The zero-order valence-electron chi connectivity index (χ0n) is 29.6. The minimum absolute atomic E-state index is 0.0550. The van der Waals surface area contributed by atoms with Gasteiger partial charge in [-0.25, -0.2) is 4.79 Å². The molecule has 1 amide bonds. The van der Waals surface area contributed by atoms with E-state index in [1.165, 1.54) is 45.9 Å². The Bertz CT molecular complexity index is 1080. The van der Waals surface area contributed by atoms with Gasteiger partial charge in [-0.2, -0.15) is 0 Å². The molecule has 3 rings (SSSR count). The van der Waals surface area contributed by atoms with E-state index in [0.717, 1.165) is 13.0 Å². The molecule has 0 unspecified atom stereocenters. The van der Waals surface area contributed by atoms with Crippen LogP contribution in [0.25, 0.3) is 11.1 Å². The highest BCUT2D eigenvalue weighted by molar-refractivity contribution is 14.1. The highest BCUT2D eigenvalue weighted by Crippen LogP contribution is 2.44. The molecule has 0 aromatic heterocycles. The van der Waals surface area contributed by atoms with Gasteiger partial charge in [-0.15, -0.1) is 0 Å². The van der Waals surface area contributed by atoms with Gasteiger partial charge in [0.1, 0.15) is 6.61 Å². The lowest BCUT2D eigenvalue weighted by atomic mass is 9.98. The van der Waals surface area contributed by atoms with Gasteiger partial charge in [0.15, 0.2) is 0 Å². The Kier molecular flexibility index (Phi) is 25.2. The fourth-order valence-electron chi connectivity index (χ4n) is 5.31. The number of rotatable bonds is 33. The van der Waals surface area contributed by atoms with Crippen LogP contribution in [0, 0.1) is 0 Å². The maximum Gasteiger partial charge on any atom is 0.407 e. The van der Waals surface area contributed by atoms with E-state index in [1.807, 2.05) is 24.3 Å². The molecule has 0 saturated heterocycles. The van der Waals surface area contributed by atoms with Crippen LogP contribution in [0.3, 0.4) is 0 Å². The van der Waals surface area contributed by atoms with Crippen molar-refractivity contribution in [2.45, 2.75) is 38.0 Å². The fourth-order valence-corrected chi connectivity index (χ4v) is 5.85. The number of fused-ring (bicyclic) bond motifs is 3. The predicted octanol–water partition coefficient (Wildman–Crippen LogP) is 6.04. The standard InChI is InChI=1S/C38H58INO10/c39-14-7-1-2-8-16-42-18-20-44-22-24-46-26-28-48-30-31-49-29-27-47-25-23-45-21-19-43-17-9-15-40-38(41)50-32-37-35-12-5-3-10-33(35)34-11-4-6-13-36(34)37/h3-6,10-13,37H,1-2,7-9,14-32H2,(H,40,41). The van der Waals surface area contributed by atoms with Gasteiger partial charge in [0.05, 0.1) is 92.5 Å². The van der Waals surface area contributed by atoms with E-state index in [2.05, 4.69) is 52.2 Å². The van der Waals surface area contributed by atoms with Crippen molar-refractivity contribution in [2.24, 2.45) is 0 Å². The molecule has 0 fully saturated rings. The average molecular weight is 816 g/mol. The number of ether oxygens (including phenoxy) is 9. The molecule has 11 nitrogen and oxygen atoms in total. The highest BCUT2D eigenvalue weighted by Gasteiger charge is 2.28. The van der Waals surface area contributed by atoms with E-state index in [0.29, 0.717) is 119 Å². The van der Waals surface area contributed by atoms with Gasteiger partial charge in [-0.1, -0.05) is 84.0 Å². The fraction of sp³-hybridized carbons (Fsp3) is 0.658. The number of unbranched alkanes of at least 4 members (excludes halogenated alkanes) is 3. The van der Waals surface area contributed by atoms with Crippen LogP contribution < -0.4 is 5.32 Å². The Balaban J connectivity index is 0.971. The van der Waals surface area contributed by atoms with Gasteiger partial charge >= 0.3 is 6.09 Å². The molecule has 0 heterocycles. The van der Waals surface area contributed by atoms with E-state index < -0.39 is 6.09 Å². The second kappa shape index (κ2) is 29.7. The minimum Gasteiger partial charge on any atom is -0.449 e. The van der Waals surface area contributed by atoms with Crippen molar-refractivity contribution >= 4 is 28.7 Å². The summed E-state index contributed by atoms with van der Waals surface area (Å²) in [5, 5.41) is 2.81. The van der Waals surface area contributed by atoms with Crippen LogP contribution in [-0.4, -0.2) is 129 Å². The number of hydrogen-bond acceptors (Lipinski definition) is 10. The second-order valence-electron chi connectivity index (χ2n) is 11.6. The first-order chi connectivity index (χ1) is 24.8. The molecular formula is C38H58INO10. The van der Waals surface area contributed by atoms with Crippen LogP contribution in [0.2, 0.25) is 0 Å². The van der Waals surface area contributed by atoms with E-state index in [1.54, 1.807) is 0 Å². The van der Waals surface area contributed by atoms with Crippen molar-refractivity contribution in [3.63, 3.8) is 0 Å². The predicted molar refractivity (Wildman–Crippen MR) is 202 cm³/mol. The smallest absolute Gasteiger partial charge is 0.407 e. The van der Waals surface area contributed by atoms with Gasteiger partial charge in [0, 0.05) is 25.7 Å². The molecule has 0 radical (unpaired) electrons. The molecule has 0 bridgehead atoms. The van der Waals surface area contributed by atoms with Crippen molar-refractivity contribution in [1.29, 1.82) is 0 Å². The SMILES string of the molecule is O=C(NCCCOCCOCCOCCOCCOCCOCCOCCOCCCCCCI)OCC1c2ccccc2-c2ccccc21. The second-order valence-corrected chi connectivity index (χ2v) is 12.7. The van der Waals surface area contributed by atoms with Crippen LogP contribution >= 0.6 is 22.6 Å². The Morgan fingerprint density at radius 2 is 0.880 bits per heavy atom. The molecule has 282 valence electrons. The van der Waals surface area contributed by atoms with Crippen molar-refractivity contribution < 1.29 is 47.4 Å². The molecule has 0 atom stereocenters. The van der Waals surface area contributed by atoms with Crippen LogP contribution in [0.1, 0.15) is 49.1 Å². The van der Waals surface area contributed by atoms with Crippen molar-refractivity contribution in [3.8, 4) is 11.1 Å². The highest BCUT2D eigenvalue weighted by atomic mass is 127. The summed E-state index contributed by atoms with van der Waals surface area (Å²) < 4.78 is 51.0. The van der Waals surface area contributed by atoms with Crippen LogP contribution in [-0.2, 0) is 42.6 Å². The number of nitrogens with one attached hydrogen (secondary N) is 1. The lowest BCUT2D eigenvalue weighted by Crippen LogP contribution is -2.27. The summed E-state index contributed by atoms with van der Waals surface area (Å²) in [6.07, 6.45) is 5.25. The van der Waals surface area contributed by atoms with Crippen molar-refractivity contribution in [3.05, 3.63) is 59.7 Å². The van der Waals surface area contributed by atoms with Gasteiger partial charge < -0.3 is 47.9 Å². The van der Waals surface area contributed by atoms with Gasteiger partial charge in [0.2, 0.25) is 0 Å². The third kappa shape index (κ3) is 19.1. The van der Waals surface area contributed by atoms with Gasteiger partial charge in [0.25, 0.3) is 0 Å². The summed E-state index contributed by atoms with van der Waals surface area (Å²) in [7, 11) is 0. The normalized spacial score (nSPS) is 12.3. The molecule has 2 aromatic rings. The summed E-state index contributed by atoms with van der Waals surface area (Å²) >= 11 is 2.42. The number of amides is 1. The number of carbonyl (C=O) groups excluding carboxylic acids is 1. The molecular weight excluding hydrogens is 757 g/mol. The Labute approximate surface area is 312 Å². The van der Waals surface area contributed by atoms with E-state index in [4.69, 9.17) is 42.6 Å². The summed E-state index contributed by atoms with van der Waals surface area (Å²) in [5.74, 6) is 0.0550. The van der Waals surface area contributed by atoms with Gasteiger partial charge in [-0.05, 0) is 45.9 Å². The Morgan fingerprint density at radius 1 is 0.500 bits per heavy atom. The summed E-state index contributed by atoms with van der Waals surface area (Å²) in [5.41, 5.74) is 4.82. The number of benzene rings is 2. The van der Waals surface area contributed by atoms with Crippen LogP contribution in [0.4, 0.5) is 4.79 Å². The lowest BCUT2D eigenvalue weighted by Gasteiger charge is -2.14. The molecule has 1 aliphatic rings. The third-order valence-corrected chi connectivity index (χ3v) is 8.62. The average Bonchev–Trinajstić information content (AvgIpc) is 3.46. The molecule has 50 heavy (non-hydrogen) atoms. The maximum atomic E-state index is 12.3. The summed E-state index contributed by atoms with van der Waals surface area (Å²) in [6, 6.07) is 16.6. The Morgan fingerprint density at radius 3 is 1.32 bits per heavy atom. The van der Waals surface area contributed by atoms with Crippen LogP contribution in [0.5, 0.6) is 0 Å². The van der Waals surface area contributed by atoms with E-state index in [-0.39, 0.29) is 5.92 Å². The van der Waals surface area contributed by atoms with Crippen molar-refractivity contribution in [1.82, 2.24) is 5.32 Å². The lowest BCUT2D eigenvalue weighted by molar-refractivity contribution is -0.0231. The minimum atomic E-state index is -0.410. The first-order valence-electron chi connectivity index (χ1n) is 18.1. The third-order valence-electron chi connectivity index (χ3n) is 7.85. The van der Waals surface area contributed by atoms with Crippen LogP contribution in [0.15, 0.2) is 48.5 Å². The monoisotopic (exact) mass is 815 g/mol. The summed E-state index contributed by atoms with van der Waals surface area (Å²) in [4.78, 5) is 12.3. The number of halogens is 1. The first-order valence-corrected chi connectivity index (χ1v) is 19.6. The maximum absolute atomic E-state index is 12.3. The number of alkyl halides is 1. The number of carbonyl (C=O) groups is 1. The molecule has 2 aromatic carbocycles. The quantitative estimate of drug-likeness (QED) is 0.0520. The molecule has 1 aliphatic carbocycles. The molecule has 0 aliphatic heterocycles. The van der Waals surface area contributed by atoms with E-state index >= 15 is 0 Å². The largest absolute Gasteiger partial charge is 0.449 e. The number of alkyl carbamates (subject to hydrolysis) is 1.